The first kappa shape index (κ1) is 23.2. The smallest absolute Gasteiger partial charge is 0.253 e. The van der Waals surface area contributed by atoms with Crippen molar-refractivity contribution >= 4 is 38.4 Å². The third kappa shape index (κ3) is 4.55. The summed E-state index contributed by atoms with van der Waals surface area (Å²) in [5, 5.41) is 1.27. The van der Waals surface area contributed by atoms with Crippen LogP contribution in [-0.2, 0) is 16.6 Å². The SMILES string of the molecule is O=C(c1ccc(Cl)c(S(=O)(=O)N2CCCC2)c1)N1CCN(Cc2cccc3cccnc23)CC1. The molecule has 7 nitrogen and oxygen atoms in total. The number of carbonyl (C=O) groups is 1. The molecular formula is C25H27ClN4O3S. The molecule has 0 N–H and O–H groups in total. The Hall–Kier alpha value is -2.52. The zero-order valence-electron chi connectivity index (χ0n) is 18.9. The van der Waals surface area contributed by atoms with Gasteiger partial charge >= 0.3 is 0 Å². The minimum Gasteiger partial charge on any atom is -0.336 e. The monoisotopic (exact) mass is 498 g/mol. The standard InChI is InChI=1S/C25H27ClN4O3S/c26-22-9-8-20(17-23(22)34(32,33)30-11-1-2-12-30)25(31)29-15-13-28(14-16-29)18-21-6-3-5-19-7-4-10-27-24(19)21/h3-10,17H,1-2,11-16,18H2. The van der Waals surface area contributed by atoms with Gasteiger partial charge in [-0.15, -0.1) is 0 Å². The number of fused-ring (bicyclic) bond motifs is 1. The molecule has 2 aliphatic rings. The van der Waals surface area contributed by atoms with Crippen molar-refractivity contribution in [3.05, 3.63) is 70.9 Å². The molecular weight excluding hydrogens is 472 g/mol. The van der Waals surface area contributed by atoms with Crippen molar-refractivity contribution in [3.8, 4) is 0 Å². The quantitative estimate of drug-likeness (QED) is 0.537. The zero-order valence-corrected chi connectivity index (χ0v) is 20.4. The van der Waals surface area contributed by atoms with E-state index in [9.17, 15) is 13.2 Å². The highest BCUT2D eigenvalue weighted by molar-refractivity contribution is 7.89. The van der Waals surface area contributed by atoms with E-state index < -0.39 is 10.0 Å². The second-order valence-corrected chi connectivity index (χ2v) is 11.1. The highest BCUT2D eigenvalue weighted by atomic mass is 35.5. The Bertz CT molecular complexity index is 1310. The van der Waals surface area contributed by atoms with Gasteiger partial charge in [0, 0.05) is 63.0 Å². The highest BCUT2D eigenvalue weighted by Gasteiger charge is 2.31. The number of carbonyl (C=O) groups excluding carboxylic acids is 1. The topological polar surface area (TPSA) is 73.8 Å². The van der Waals surface area contributed by atoms with E-state index in [0.29, 0.717) is 31.7 Å². The van der Waals surface area contributed by atoms with E-state index in [1.54, 1.807) is 11.0 Å². The summed E-state index contributed by atoms with van der Waals surface area (Å²) in [5.41, 5.74) is 2.54. The van der Waals surface area contributed by atoms with Crippen LogP contribution in [-0.4, -0.2) is 72.7 Å². The van der Waals surface area contributed by atoms with Crippen LogP contribution in [0.25, 0.3) is 10.9 Å². The van der Waals surface area contributed by atoms with Crippen LogP contribution < -0.4 is 0 Å². The van der Waals surface area contributed by atoms with Crippen molar-refractivity contribution < 1.29 is 13.2 Å². The number of hydrogen-bond acceptors (Lipinski definition) is 5. The van der Waals surface area contributed by atoms with Crippen LogP contribution in [0.5, 0.6) is 0 Å². The maximum absolute atomic E-state index is 13.2. The Kier molecular flexibility index (Phi) is 6.57. The van der Waals surface area contributed by atoms with E-state index >= 15 is 0 Å². The summed E-state index contributed by atoms with van der Waals surface area (Å²) in [4.78, 5) is 21.9. The summed E-state index contributed by atoms with van der Waals surface area (Å²) >= 11 is 6.24. The van der Waals surface area contributed by atoms with Gasteiger partial charge in [-0.05, 0) is 42.7 Å². The van der Waals surface area contributed by atoms with Gasteiger partial charge in [0.2, 0.25) is 10.0 Å². The molecule has 5 rings (SSSR count). The number of piperazine rings is 1. The molecule has 2 fully saturated rings. The molecule has 3 heterocycles. The molecule has 34 heavy (non-hydrogen) atoms. The van der Waals surface area contributed by atoms with Crippen molar-refractivity contribution in [1.82, 2.24) is 19.1 Å². The average molecular weight is 499 g/mol. The lowest BCUT2D eigenvalue weighted by Crippen LogP contribution is -2.48. The third-order valence-electron chi connectivity index (χ3n) is 6.63. The number of nitrogens with zero attached hydrogens (tertiary/aromatic N) is 4. The molecule has 3 aromatic rings. The molecule has 2 saturated heterocycles. The molecule has 0 aliphatic carbocycles. The summed E-state index contributed by atoms with van der Waals surface area (Å²) in [5.74, 6) is -0.166. The highest BCUT2D eigenvalue weighted by Crippen LogP contribution is 2.29. The molecule has 2 aliphatic heterocycles. The second kappa shape index (κ2) is 9.62. The van der Waals surface area contributed by atoms with Gasteiger partial charge < -0.3 is 4.90 Å². The average Bonchev–Trinajstić information content (AvgIpc) is 3.41. The van der Waals surface area contributed by atoms with E-state index in [-0.39, 0.29) is 15.8 Å². The number of pyridine rings is 1. The third-order valence-corrected chi connectivity index (χ3v) is 9.01. The molecule has 0 saturated carbocycles. The second-order valence-electron chi connectivity index (χ2n) is 8.82. The van der Waals surface area contributed by atoms with Gasteiger partial charge in [0.05, 0.1) is 10.5 Å². The lowest BCUT2D eigenvalue weighted by molar-refractivity contribution is 0.0628. The number of halogens is 1. The van der Waals surface area contributed by atoms with Crippen LogP contribution in [0.15, 0.2) is 59.6 Å². The molecule has 0 atom stereocenters. The molecule has 0 radical (unpaired) electrons. The Labute approximate surface area is 205 Å². The summed E-state index contributed by atoms with van der Waals surface area (Å²) in [7, 11) is -3.70. The molecule has 0 unspecified atom stereocenters. The Morgan fingerprint density at radius 1 is 0.941 bits per heavy atom. The van der Waals surface area contributed by atoms with E-state index in [0.717, 1.165) is 43.4 Å². The molecule has 1 aromatic heterocycles. The first-order valence-corrected chi connectivity index (χ1v) is 13.4. The van der Waals surface area contributed by atoms with Crippen molar-refractivity contribution in [2.75, 3.05) is 39.3 Å². The van der Waals surface area contributed by atoms with Crippen LogP contribution in [0.3, 0.4) is 0 Å². The van der Waals surface area contributed by atoms with E-state index in [2.05, 4.69) is 28.1 Å². The summed E-state index contributed by atoms with van der Waals surface area (Å²) in [6, 6.07) is 14.8. The van der Waals surface area contributed by atoms with Gasteiger partial charge in [0.25, 0.3) is 5.91 Å². The lowest BCUT2D eigenvalue weighted by atomic mass is 10.1. The van der Waals surface area contributed by atoms with Crippen LogP contribution in [0.2, 0.25) is 5.02 Å². The van der Waals surface area contributed by atoms with Crippen LogP contribution in [0.1, 0.15) is 28.8 Å². The van der Waals surface area contributed by atoms with Gasteiger partial charge in [0.1, 0.15) is 4.90 Å². The molecule has 9 heteroatoms. The summed E-state index contributed by atoms with van der Waals surface area (Å²) in [6.07, 6.45) is 3.50. The molecule has 0 bridgehead atoms. The molecule has 0 spiro atoms. The van der Waals surface area contributed by atoms with Gasteiger partial charge in [-0.1, -0.05) is 35.9 Å². The lowest BCUT2D eigenvalue weighted by Gasteiger charge is -2.35. The van der Waals surface area contributed by atoms with Gasteiger partial charge in [-0.2, -0.15) is 4.31 Å². The minimum atomic E-state index is -3.70. The number of rotatable bonds is 5. The normalized spacial score (nSPS) is 18.0. The number of aromatic nitrogens is 1. The predicted octanol–water partition coefficient (Wildman–Crippen LogP) is 3.63. The summed E-state index contributed by atoms with van der Waals surface area (Å²) < 4.78 is 27.5. The maximum atomic E-state index is 13.2. The van der Waals surface area contributed by atoms with Crippen molar-refractivity contribution in [2.24, 2.45) is 0 Å². The van der Waals surface area contributed by atoms with Gasteiger partial charge in [-0.25, -0.2) is 8.42 Å². The number of para-hydroxylation sites is 1. The molecule has 178 valence electrons. The first-order chi connectivity index (χ1) is 16.4. The largest absolute Gasteiger partial charge is 0.336 e. The van der Waals surface area contributed by atoms with Crippen LogP contribution >= 0.6 is 11.6 Å². The zero-order chi connectivity index (χ0) is 23.7. The Morgan fingerprint density at radius 2 is 1.68 bits per heavy atom. The maximum Gasteiger partial charge on any atom is 0.253 e. The summed E-state index contributed by atoms with van der Waals surface area (Å²) in [6.45, 7) is 4.39. The van der Waals surface area contributed by atoms with Crippen LogP contribution in [0, 0.1) is 0 Å². The first-order valence-electron chi connectivity index (χ1n) is 11.6. The van der Waals surface area contributed by atoms with Crippen molar-refractivity contribution in [3.63, 3.8) is 0 Å². The Morgan fingerprint density at radius 3 is 2.44 bits per heavy atom. The Balaban J connectivity index is 1.27. The van der Waals surface area contributed by atoms with Crippen molar-refractivity contribution in [2.45, 2.75) is 24.3 Å². The van der Waals surface area contributed by atoms with Crippen LogP contribution in [0.4, 0.5) is 0 Å². The predicted molar refractivity (Wildman–Crippen MR) is 132 cm³/mol. The molecule has 1 amide bonds. The minimum absolute atomic E-state index is 0.0176. The van der Waals surface area contributed by atoms with Crippen molar-refractivity contribution in [1.29, 1.82) is 0 Å². The van der Waals surface area contributed by atoms with E-state index in [1.165, 1.54) is 22.0 Å². The fraction of sp³-hybridized carbons (Fsp3) is 0.360. The number of amides is 1. The van der Waals surface area contributed by atoms with E-state index in [4.69, 9.17) is 11.6 Å². The molecule has 2 aromatic carbocycles. The number of hydrogen-bond donors (Lipinski definition) is 0. The van der Waals surface area contributed by atoms with Gasteiger partial charge in [0.15, 0.2) is 0 Å². The van der Waals surface area contributed by atoms with E-state index in [1.807, 2.05) is 18.3 Å². The fourth-order valence-electron chi connectivity index (χ4n) is 4.73. The fourth-order valence-corrected chi connectivity index (χ4v) is 6.75. The van der Waals surface area contributed by atoms with Gasteiger partial charge in [-0.3, -0.25) is 14.7 Å². The number of benzene rings is 2. The number of sulfonamides is 1.